The van der Waals surface area contributed by atoms with Crippen molar-refractivity contribution in [3.8, 4) is 17.1 Å². The number of thiazole rings is 1. The summed E-state index contributed by atoms with van der Waals surface area (Å²) < 4.78 is 22.0. The van der Waals surface area contributed by atoms with Gasteiger partial charge in [-0.15, -0.1) is 0 Å². The highest BCUT2D eigenvalue weighted by molar-refractivity contribution is 14.1. The fourth-order valence-corrected chi connectivity index (χ4v) is 7.91. The molecule has 2 aromatic heterocycles. The zero-order valence-corrected chi connectivity index (χ0v) is 27.7. The number of furan rings is 1. The molecule has 0 saturated heterocycles. The van der Waals surface area contributed by atoms with Crippen LogP contribution in [0.15, 0.2) is 78.5 Å². The van der Waals surface area contributed by atoms with Crippen LogP contribution in [-0.2, 0) is 9.53 Å². The molecule has 7 nitrogen and oxygen atoms in total. The van der Waals surface area contributed by atoms with Crippen LogP contribution in [0, 0.1) is 7.14 Å². The van der Waals surface area contributed by atoms with E-state index in [2.05, 4.69) is 66.1 Å². The zero-order chi connectivity index (χ0) is 27.8. The highest BCUT2D eigenvalue weighted by atomic mass is 127. The molecule has 0 bridgehead atoms. The minimum atomic E-state index is -0.817. The third-order valence-electron chi connectivity index (χ3n) is 6.06. The highest BCUT2D eigenvalue weighted by Gasteiger charge is 2.35. The number of fused-ring (bicyclic) bond motifs is 1. The van der Waals surface area contributed by atoms with Crippen LogP contribution >= 0.6 is 72.4 Å². The molecule has 0 aliphatic carbocycles. The molecule has 200 valence electrons. The Bertz CT molecular complexity index is 1780. The van der Waals surface area contributed by atoms with Crippen LogP contribution in [0.2, 0.25) is 0 Å². The molecule has 2 aromatic carbocycles. The Morgan fingerprint density at radius 2 is 1.87 bits per heavy atom. The molecule has 0 amide bonds. The fourth-order valence-electron chi connectivity index (χ4n) is 4.34. The van der Waals surface area contributed by atoms with Crippen molar-refractivity contribution in [3.63, 3.8) is 0 Å². The van der Waals surface area contributed by atoms with Gasteiger partial charge in [0.25, 0.3) is 5.56 Å². The minimum absolute atomic E-state index is 0.198. The molecule has 0 radical (unpaired) electrons. The molecule has 0 saturated carbocycles. The van der Waals surface area contributed by atoms with Crippen molar-refractivity contribution in [3.05, 3.63) is 102 Å². The number of ether oxygens (including phenoxy) is 2. The van der Waals surface area contributed by atoms with E-state index in [-0.39, 0.29) is 17.7 Å². The number of esters is 1. The van der Waals surface area contributed by atoms with Crippen LogP contribution in [-0.4, -0.2) is 24.3 Å². The predicted octanol–water partition coefficient (Wildman–Crippen LogP) is 6.04. The number of hydrogen-bond donors (Lipinski definition) is 0. The number of aromatic nitrogens is 1. The van der Waals surface area contributed by atoms with Gasteiger partial charge in [0, 0.05) is 10.0 Å². The number of methoxy groups -OCH3 is 1. The Morgan fingerprint density at radius 3 is 2.51 bits per heavy atom. The molecular formula is C28H21BrI2N2O5S. The van der Waals surface area contributed by atoms with E-state index in [1.165, 1.54) is 15.9 Å². The molecule has 1 aliphatic heterocycles. The van der Waals surface area contributed by atoms with E-state index < -0.39 is 12.0 Å². The van der Waals surface area contributed by atoms with Gasteiger partial charge in [0.1, 0.15) is 23.3 Å². The van der Waals surface area contributed by atoms with Crippen molar-refractivity contribution in [2.24, 2.45) is 4.99 Å². The largest absolute Gasteiger partial charge is 0.495 e. The quantitative estimate of drug-likeness (QED) is 0.175. The standard InChI is InChI=1S/C28H21BrI2N2O5S/c1-4-37-27(35)23-14(2)32-28-33(24(23)21-10-9-20(38-21)16-5-7-17(29)8-6-16)26(34)22(39-28)13-15-11-18(30)25(36-3)19(31)12-15/h5-13,24H,4H2,1-3H3/b22-13-/t24-/m0/s1. The molecule has 0 spiro atoms. The highest BCUT2D eigenvalue weighted by Crippen LogP contribution is 2.34. The van der Waals surface area contributed by atoms with Gasteiger partial charge < -0.3 is 13.9 Å². The summed E-state index contributed by atoms with van der Waals surface area (Å²) in [6, 6.07) is 14.5. The van der Waals surface area contributed by atoms with Crippen molar-refractivity contribution >= 4 is 84.5 Å². The summed E-state index contributed by atoms with van der Waals surface area (Å²) in [6.07, 6.45) is 1.84. The second kappa shape index (κ2) is 11.7. The smallest absolute Gasteiger partial charge is 0.338 e. The van der Waals surface area contributed by atoms with E-state index in [4.69, 9.17) is 13.9 Å². The van der Waals surface area contributed by atoms with E-state index in [9.17, 15) is 9.59 Å². The SMILES string of the molecule is CCOC(=O)C1=C(C)N=c2s/c(=C\c3cc(I)c(OC)c(I)c3)c(=O)n2[C@H]1c1ccc(-c2ccc(Br)cc2)o1. The average molecular weight is 831 g/mol. The van der Waals surface area contributed by atoms with Crippen molar-refractivity contribution < 1.29 is 18.7 Å². The second-order valence-electron chi connectivity index (χ2n) is 8.53. The molecule has 11 heteroatoms. The summed E-state index contributed by atoms with van der Waals surface area (Å²) in [5, 5.41) is 0. The molecule has 0 unspecified atom stereocenters. The van der Waals surface area contributed by atoms with Crippen LogP contribution in [0.1, 0.15) is 31.2 Å². The van der Waals surface area contributed by atoms with Crippen LogP contribution in [0.5, 0.6) is 5.75 Å². The lowest BCUT2D eigenvalue weighted by atomic mass is 10.0. The van der Waals surface area contributed by atoms with E-state index in [0.29, 0.717) is 26.6 Å². The number of rotatable bonds is 6. The first-order valence-electron chi connectivity index (χ1n) is 11.8. The van der Waals surface area contributed by atoms with Crippen molar-refractivity contribution in [2.75, 3.05) is 13.7 Å². The Morgan fingerprint density at radius 1 is 1.18 bits per heavy atom. The second-order valence-corrected chi connectivity index (χ2v) is 12.8. The lowest BCUT2D eigenvalue weighted by molar-refractivity contribution is -0.139. The number of nitrogens with zero attached hydrogens (tertiary/aromatic N) is 2. The van der Waals surface area contributed by atoms with E-state index in [1.54, 1.807) is 27.0 Å². The van der Waals surface area contributed by atoms with Crippen molar-refractivity contribution in [1.29, 1.82) is 0 Å². The normalized spacial score (nSPS) is 15.2. The van der Waals surface area contributed by atoms with Gasteiger partial charge in [-0.25, -0.2) is 9.79 Å². The molecule has 3 heterocycles. The summed E-state index contributed by atoms with van der Waals surface area (Å²) >= 11 is 9.16. The fraction of sp³-hybridized carbons (Fsp3) is 0.179. The lowest BCUT2D eigenvalue weighted by Gasteiger charge is -2.22. The summed E-state index contributed by atoms with van der Waals surface area (Å²) in [5.74, 6) is 1.34. The van der Waals surface area contributed by atoms with Gasteiger partial charge in [-0.3, -0.25) is 9.36 Å². The number of hydrogen-bond acceptors (Lipinski definition) is 7. The number of allylic oxidation sites excluding steroid dienone is 1. The predicted molar refractivity (Wildman–Crippen MR) is 171 cm³/mol. The third kappa shape index (κ3) is 5.55. The van der Waals surface area contributed by atoms with Crippen LogP contribution in [0.25, 0.3) is 17.4 Å². The summed E-state index contributed by atoms with van der Waals surface area (Å²) in [4.78, 5) is 32.1. The number of carbonyl (C=O) groups excluding carboxylic acids is 1. The van der Waals surface area contributed by atoms with Gasteiger partial charge >= 0.3 is 5.97 Å². The van der Waals surface area contributed by atoms with Gasteiger partial charge in [-0.05, 0) is 107 Å². The van der Waals surface area contributed by atoms with E-state index in [0.717, 1.165) is 28.5 Å². The van der Waals surface area contributed by atoms with Gasteiger partial charge in [0.15, 0.2) is 4.80 Å². The minimum Gasteiger partial charge on any atom is -0.495 e. The van der Waals surface area contributed by atoms with Crippen molar-refractivity contribution in [1.82, 2.24) is 4.57 Å². The third-order valence-corrected chi connectivity index (χ3v) is 9.18. The maximum atomic E-state index is 13.9. The molecule has 39 heavy (non-hydrogen) atoms. The number of benzene rings is 2. The maximum Gasteiger partial charge on any atom is 0.338 e. The Kier molecular flexibility index (Phi) is 8.50. The number of halogens is 3. The molecule has 0 N–H and O–H groups in total. The molecule has 1 atom stereocenters. The van der Waals surface area contributed by atoms with E-state index in [1.807, 2.05) is 48.5 Å². The number of carbonyl (C=O) groups is 1. The monoisotopic (exact) mass is 830 g/mol. The first-order valence-corrected chi connectivity index (χ1v) is 15.6. The molecular weight excluding hydrogens is 810 g/mol. The molecule has 1 aliphatic rings. The Balaban J connectivity index is 1.68. The van der Waals surface area contributed by atoms with Crippen molar-refractivity contribution in [2.45, 2.75) is 19.9 Å². The maximum absolute atomic E-state index is 13.9. The van der Waals surface area contributed by atoms with Gasteiger partial charge in [0.05, 0.1) is 36.7 Å². The zero-order valence-electron chi connectivity index (χ0n) is 21.0. The molecule has 4 aromatic rings. The summed E-state index contributed by atoms with van der Waals surface area (Å²) in [6.45, 7) is 3.70. The first kappa shape index (κ1) is 28.3. The Hall–Kier alpha value is -2.23. The molecule has 5 rings (SSSR count). The molecule has 0 fully saturated rings. The van der Waals surface area contributed by atoms with Crippen LogP contribution in [0.4, 0.5) is 0 Å². The Labute approximate surface area is 263 Å². The lowest BCUT2D eigenvalue weighted by Crippen LogP contribution is -2.39. The van der Waals surface area contributed by atoms with Gasteiger partial charge in [0.2, 0.25) is 0 Å². The summed E-state index contributed by atoms with van der Waals surface area (Å²) in [5.41, 5.74) is 2.24. The average Bonchev–Trinajstić information content (AvgIpc) is 3.49. The van der Waals surface area contributed by atoms with Crippen LogP contribution < -0.4 is 19.6 Å². The summed E-state index contributed by atoms with van der Waals surface area (Å²) in [7, 11) is 1.64. The first-order chi connectivity index (χ1) is 18.7. The van der Waals surface area contributed by atoms with Gasteiger partial charge in [-0.2, -0.15) is 0 Å². The van der Waals surface area contributed by atoms with Gasteiger partial charge in [-0.1, -0.05) is 39.4 Å². The van der Waals surface area contributed by atoms with E-state index >= 15 is 0 Å². The van der Waals surface area contributed by atoms with Crippen LogP contribution in [0.3, 0.4) is 0 Å². The topological polar surface area (TPSA) is 83.0 Å².